The molecule has 0 saturated carbocycles. The van der Waals surface area contributed by atoms with Crippen LogP contribution in [0, 0.1) is 6.92 Å². The first-order valence-electron chi connectivity index (χ1n) is 14.5. The summed E-state index contributed by atoms with van der Waals surface area (Å²) in [6, 6.07) is 7.59. The molecule has 0 saturated heterocycles. The molecule has 0 atom stereocenters. The SMILES string of the molecule is C=CC1=C(C=C)c2cc3[n-]c(cc4nc(cc5[n-]c(cc1n2)c(C)c5CCC(=O)O)C(CCC(=O)O)=C4C)c(CC)c3C=C.[Fe+2]. The zero-order valence-electron chi connectivity index (χ0n) is 25.6. The first-order valence-corrected chi connectivity index (χ1v) is 14.5. The first-order chi connectivity index (χ1) is 21.1. The molecule has 0 amide bonds. The molecule has 9 heteroatoms. The van der Waals surface area contributed by atoms with Gasteiger partial charge in [-0.2, -0.15) is 0 Å². The van der Waals surface area contributed by atoms with Crippen molar-refractivity contribution in [1.82, 2.24) is 19.9 Å². The molecular formula is C36H34FeN4O4. The van der Waals surface area contributed by atoms with Gasteiger partial charge in [-0.15, -0.1) is 22.1 Å². The normalized spacial score (nSPS) is 12.6. The van der Waals surface area contributed by atoms with Gasteiger partial charge in [0.25, 0.3) is 0 Å². The molecule has 0 spiro atoms. The van der Waals surface area contributed by atoms with Crippen LogP contribution in [0.25, 0.3) is 50.4 Å². The second-order valence-electron chi connectivity index (χ2n) is 10.8. The van der Waals surface area contributed by atoms with Gasteiger partial charge in [0.05, 0.1) is 22.8 Å². The van der Waals surface area contributed by atoms with Crippen LogP contribution in [0.1, 0.15) is 78.1 Å². The molecule has 0 aromatic carbocycles. The number of hydrogen-bond donors (Lipinski definition) is 2. The molecule has 0 unspecified atom stereocenters. The number of rotatable bonds is 10. The molecule has 0 aliphatic carbocycles. The number of allylic oxidation sites excluding steroid dienone is 6. The van der Waals surface area contributed by atoms with Crippen LogP contribution in [-0.4, -0.2) is 32.1 Å². The van der Waals surface area contributed by atoms with E-state index in [0.29, 0.717) is 40.2 Å². The Hall–Kier alpha value is -4.72. The minimum atomic E-state index is -0.906. The van der Waals surface area contributed by atoms with E-state index in [9.17, 15) is 19.8 Å². The molecule has 3 aromatic heterocycles. The third-order valence-corrected chi connectivity index (χ3v) is 8.25. The van der Waals surface area contributed by atoms with Crippen molar-refractivity contribution in [3.8, 4) is 0 Å². The molecule has 2 aliphatic heterocycles. The summed E-state index contributed by atoms with van der Waals surface area (Å²) in [5.41, 5.74) is 12.3. The van der Waals surface area contributed by atoms with Gasteiger partial charge in [-0.25, -0.2) is 9.97 Å². The fourth-order valence-electron chi connectivity index (χ4n) is 5.94. The van der Waals surface area contributed by atoms with E-state index in [1.807, 2.05) is 38.1 Å². The third-order valence-electron chi connectivity index (χ3n) is 8.25. The number of fused-ring (bicyclic) bond motifs is 8. The van der Waals surface area contributed by atoms with Crippen LogP contribution in [0.5, 0.6) is 0 Å². The number of carboxylic acid groups (broad SMARTS) is 2. The molecule has 2 aliphatic rings. The summed E-state index contributed by atoms with van der Waals surface area (Å²) in [4.78, 5) is 43.0. The molecule has 230 valence electrons. The van der Waals surface area contributed by atoms with Crippen LogP contribution in [0.4, 0.5) is 0 Å². The fraction of sp³-hybridized carbons (Fsp3) is 0.222. The van der Waals surface area contributed by atoms with Crippen LogP contribution in [0.15, 0.2) is 56.2 Å². The molecule has 8 nitrogen and oxygen atoms in total. The van der Waals surface area contributed by atoms with E-state index in [1.165, 1.54) is 0 Å². The van der Waals surface area contributed by atoms with Gasteiger partial charge in [0, 0.05) is 24.0 Å². The van der Waals surface area contributed by atoms with E-state index in [0.717, 1.165) is 55.6 Å². The number of aryl methyl sites for hydroxylation is 3. The Bertz CT molecular complexity index is 1990. The zero-order chi connectivity index (χ0) is 31.7. The molecule has 8 bridgehead atoms. The molecule has 0 radical (unpaired) electrons. The zero-order valence-corrected chi connectivity index (χ0v) is 26.7. The average molecular weight is 643 g/mol. The number of hydrogen-bond acceptors (Lipinski definition) is 4. The van der Waals surface area contributed by atoms with Crippen molar-refractivity contribution in [2.45, 2.75) is 52.9 Å². The summed E-state index contributed by atoms with van der Waals surface area (Å²) < 4.78 is 0. The molecule has 5 rings (SSSR count). The van der Waals surface area contributed by atoms with E-state index >= 15 is 0 Å². The number of aliphatic carboxylic acids is 2. The molecular weight excluding hydrogens is 608 g/mol. The fourth-order valence-corrected chi connectivity index (χ4v) is 5.94. The van der Waals surface area contributed by atoms with E-state index in [-0.39, 0.29) is 42.8 Å². The maximum Gasteiger partial charge on any atom is 2.00 e. The Kier molecular flexibility index (Phi) is 9.96. The van der Waals surface area contributed by atoms with Gasteiger partial charge in [-0.1, -0.05) is 79.8 Å². The van der Waals surface area contributed by atoms with Gasteiger partial charge in [0.1, 0.15) is 0 Å². The van der Waals surface area contributed by atoms with Crippen molar-refractivity contribution >= 4 is 62.4 Å². The van der Waals surface area contributed by atoms with E-state index in [1.54, 1.807) is 18.2 Å². The minimum absolute atomic E-state index is 0. The number of carbonyl (C=O) groups is 2. The summed E-state index contributed by atoms with van der Waals surface area (Å²) in [7, 11) is 0. The Balaban J connectivity index is 0.00000461. The van der Waals surface area contributed by atoms with E-state index in [4.69, 9.17) is 19.9 Å². The summed E-state index contributed by atoms with van der Waals surface area (Å²) in [5, 5.41) is 19.0. The van der Waals surface area contributed by atoms with Crippen molar-refractivity contribution in [2.24, 2.45) is 0 Å². The Labute approximate surface area is 272 Å². The first kappa shape index (κ1) is 33.2. The summed E-state index contributed by atoms with van der Waals surface area (Å²) in [5.74, 6) is -1.81. The predicted octanol–water partition coefficient (Wildman–Crippen LogP) is 7.18. The maximum atomic E-state index is 11.6. The second kappa shape index (κ2) is 13.5. The van der Waals surface area contributed by atoms with E-state index in [2.05, 4.69) is 26.7 Å². The molecule has 0 fully saturated rings. The van der Waals surface area contributed by atoms with Crippen LogP contribution in [-0.2, 0) is 39.5 Å². The van der Waals surface area contributed by atoms with Crippen LogP contribution < -0.4 is 9.97 Å². The van der Waals surface area contributed by atoms with Crippen molar-refractivity contribution < 1.29 is 36.9 Å². The number of carboxylic acids is 2. The van der Waals surface area contributed by atoms with Crippen molar-refractivity contribution in [3.63, 3.8) is 0 Å². The van der Waals surface area contributed by atoms with Crippen LogP contribution in [0.2, 0.25) is 0 Å². The number of nitrogens with zero attached hydrogens (tertiary/aromatic N) is 4. The predicted molar refractivity (Wildman–Crippen MR) is 176 cm³/mol. The Morgan fingerprint density at radius 2 is 1.24 bits per heavy atom. The quantitative estimate of drug-likeness (QED) is 0.223. The second-order valence-corrected chi connectivity index (χ2v) is 10.8. The standard InChI is InChI=1S/C36H36N4O4.Fe/c1-7-21-23(9-3)31-17-32-24(10-4)22(8-2)30(40-32)16-28-20(6)26(12-14-36(43)44)34(38-28)18-33-25(11-13-35(41)42)19(5)27(37-33)15-29(21)39-31;/h7,9-10,15-18H,1,3-4,8,11-14H2,2,5-6H3,(H4,37,38,39,40,41,42,43,44);/q;+2/p-2. The van der Waals surface area contributed by atoms with Crippen LogP contribution >= 0.6 is 0 Å². The molecule has 5 heterocycles. The smallest absolute Gasteiger partial charge is 0.657 e. The van der Waals surface area contributed by atoms with Crippen molar-refractivity contribution in [3.05, 3.63) is 101 Å². The summed E-state index contributed by atoms with van der Waals surface area (Å²) in [6.45, 7) is 18.1. The summed E-state index contributed by atoms with van der Waals surface area (Å²) >= 11 is 0. The molecule has 3 aromatic rings. The Morgan fingerprint density at radius 3 is 1.82 bits per heavy atom. The molecule has 45 heavy (non-hydrogen) atoms. The average Bonchev–Trinajstić information content (AvgIpc) is 3.67. The minimum Gasteiger partial charge on any atom is -0.657 e. The monoisotopic (exact) mass is 642 g/mol. The van der Waals surface area contributed by atoms with Crippen LogP contribution in [0.3, 0.4) is 0 Å². The largest absolute Gasteiger partial charge is 2.00 e. The maximum absolute atomic E-state index is 11.6. The Morgan fingerprint density at radius 1 is 0.733 bits per heavy atom. The number of aromatic nitrogens is 4. The van der Waals surface area contributed by atoms with Gasteiger partial charge in [0.15, 0.2) is 0 Å². The van der Waals surface area contributed by atoms with Crippen molar-refractivity contribution in [1.29, 1.82) is 0 Å². The topological polar surface area (TPSA) is 129 Å². The third kappa shape index (κ3) is 6.27. The van der Waals surface area contributed by atoms with Gasteiger partial charge in [-0.05, 0) is 55.9 Å². The summed E-state index contributed by atoms with van der Waals surface area (Å²) in [6.07, 6.45) is 6.47. The van der Waals surface area contributed by atoms with E-state index < -0.39 is 11.9 Å². The van der Waals surface area contributed by atoms with Gasteiger partial charge in [-0.3, -0.25) is 9.59 Å². The van der Waals surface area contributed by atoms with Gasteiger partial charge >= 0.3 is 29.0 Å². The van der Waals surface area contributed by atoms with Gasteiger partial charge < -0.3 is 20.2 Å². The van der Waals surface area contributed by atoms with Gasteiger partial charge in [0.2, 0.25) is 0 Å². The molecule has 2 N–H and O–H groups in total. The van der Waals surface area contributed by atoms with Crippen molar-refractivity contribution in [2.75, 3.05) is 0 Å².